The van der Waals surface area contributed by atoms with Gasteiger partial charge < -0.3 is 10.1 Å². The molecule has 1 aliphatic heterocycles. The first-order chi connectivity index (χ1) is 10.9. The molecule has 0 unspecified atom stereocenters. The second kappa shape index (κ2) is 6.07. The molecule has 1 aromatic heterocycles. The van der Waals surface area contributed by atoms with Crippen LogP contribution >= 0.6 is 11.3 Å². The van der Waals surface area contributed by atoms with Gasteiger partial charge in [0.25, 0.3) is 0 Å². The second-order valence-electron chi connectivity index (χ2n) is 5.58. The van der Waals surface area contributed by atoms with E-state index in [0.29, 0.717) is 6.10 Å². The quantitative estimate of drug-likeness (QED) is 0.791. The summed E-state index contributed by atoms with van der Waals surface area (Å²) in [5.74, 6) is 0.961. The van der Waals surface area contributed by atoms with E-state index in [2.05, 4.69) is 29.6 Å². The van der Waals surface area contributed by atoms with E-state index >= 15 is 0 Å². The van der Waals surface area contributed by atoms with E-state index in [4.69, 9.17) is 9.72 Å². The number of thiazole rings is 1. The third-order valence-corrected chi connectivity index (χ3v) is 5.04. The van der Waals surface area contributed by atoms with Gasteiger partial charge in [0.15, 0.2) is 0 Å². The molecule has 0 amide bonds. The van der Waals surface area contributed by atoms with E-state index in [0.717, 1.165) is 42.2 Å². The summed E-state index contributed by atoms with van der Waals surface area (Å²) < 4.78 is 7.30. The van der Waals surface area contributed by atoms with Crippen molar-refractivity contribution in [1.29, 1.82) is 0 Å². The van der Waals surface area contributed by atoms with Crippen LogP contribution in [0, 0.1) is 0 Å². The van der Waals surface area contributed by atoms with E-state index in [-0.39, 0.29) is 0 Å². The molecule has 4 rings (SSSR count). The number of nitrogens with zero attached hydrogens (tertiary/aromatic N) is 1. The Bertz CT molecular complexity index is 763. The summed E-state index contributed by atoms with van der Waals surface area (Å²) in [6.45, 7) is 2.09. The molecular weight excluding hydrogens is 292 g/mol. The molecule has 0 aliphatic carbocycles. The maximum absolute atomic E-state index is 6.12. The molecule has 2 aromatic carbocycles. The van der Waals surface area contributed by atoms with Crippen molar-refractivity contribution in [3.8, 4) is 16.3 Å². The monoisotopic (exact) mass is 310 g/mol. The number of ether oxygens (including phenoxy) is 1. The largest absolute Gasteiger partial charge is 0.490 e. The molecule has 1 saturated heterocycles. The standard InChI is InChI=1S/C18H18N2OS/c1-2-4-13(5-3-1)18-20-16-7-6-15(12-17(16)22-18)21-14-8-10-19-11-9-14/h1-7,12,14,19H,8-11H2. The van der Waals surface area contributed by atoms with Crippen LogP contribution in [0.2, 0.25) is 0 Å². The first-order valence-electron chi connectivity index (χ1n) is 7.72. The number of aromatic nitrogens is 1. The van der Waals surface area contributed by atoms with Gasteiger partial charge in [-0.1, -0.05) is 30.3 Å². The Balaban J connectivity index is 1.60. The highest BCUT2D eigenvalue weighted by molar-refractivity contribution is 7.21. The summed E-state index contributed by atoms with van der Waals surface area (Å²) in [5.41, 5.74) is 2.21. The number of benzene rings is 2. The summed E-state index contributed by atoms with van der Waals surface area (Å²) in [4.78, 5) is 4.72. The van der Waals surface area contributed by atoms with E-state index in [1.807, 2.05) is 24.3 Å². The van der Waals surface area contributed by atoms with Crippen LogP contribution in [0.3, 0.4) is 0 Å². The summed E-state index contributed by atoms with van der Waals surface area (Å²) >= 11 is 1.72. The van der Waals surface area contributed by atoms with Gasteiger partial charge in [0.1, 0.15) is 16.9 Å². The Labute approximate surface area is 134 Å². The fourth-order valence-corrected chi connectivity index (χ4v) is 3.79. The van der Waals surface area contributed by atoms with Crippen LogP contribution in [-0.4, -0.2) is 24.2 Å². The van der Waals surface area contributed by atoms with Gasteiger partial charge in [0, 0.05) is 5.56 Å². The summed E-state index contributed by atoms with van der Waals surface area (Å²) in [6, 6.07) is 16.6. The molecule has 0 spiro atoms. The molecule has 0 bridgehead atoms. The first kappa shape index (κ1) is 13.7. The van der Waals surface area contributed by atoms with Gasteiger partial charge in [-0.05, 0) is 44.1 Å². The molecule has 22 heavy (non-hydrogen) atoms. The first-order valence-corrected chi connectivity index (χ1v) is 8.53. The number of piperidine rings is 1. The van der Waals surface area contributed by atoms with Gasteiger partial charge in [0.05, 0.1) is 10.2 Å². The third-order valence-electron chi connectivity index (χ3n) is 3.97. The highest BCUT2D eigenvalue weighted by Crippen LogP contribution is 2.32. The SMILES string of the molecule is c1ccc(-c2nc3ccc(OC4CCNCC4)cc3s2)cc1. The summed E-state index contributed by atoms with van der Waals surface area (Å²) in [5, 5.41) is 4.43. The Hall–Kier alpha value is -1.91. The van der Waals surface area contributed by atoms with E-state index in [9.17, 15) is 0 Å². The van der Waals surface area contributed by atoms with Crippen molar-refractivity contribution in [2.45, 2.75) is 18.9 Å². The highest BCUT2D eigenvalue weighted by atomic mass is 32.1. The van der Waals surface area contributed by atoms with Gasteiger partial charge in [-0.25, -0.2) is 4.98 Å². The molecule has 0 atom stereocenters. The van der Waals surface area contributed by atoms with Crippen molar-refractivity contribution >= 4 is 21.6 Å². The minimum absolute atomic E-state index is 0.334. The fraction of sp³-hybridized carbons (Fsp3) is 0.278. The maximum atomic E-state index is 6.12. The van der Waals surface area contributed by atoms with E-state index < -0.39 is 0 Å². The summed E-state index contributed by atoms with van der Waals surface area (Å²) in [6.07, 6.45) is 2.49. The van der Waals surface area contributed by atoms with Crippen molar-refractivity contribution < 1.29 is 4.74 Å². The van der Waals surface area contributed by atoms with Crippen LogP contribution < -0.4 is 10.1 Å². The lowest BCUT2D eigenvalue weighted by molar-refractivity contribution is 0.162. The minimum Gasteiger partial charge on any atom is -0.490 e. The fourth-order valence-electron chi connectivity index (χ4n) is 2.79. The molecular formula is C18H18N2OS. The minimum atomic E-state index is 0.334. The lowest BCUT2D eigenvalue weighted by Crippen LogP contribution is -2.34. The zero-order chi connectivity index (χ0) is 14.8. The van der Waals surface area contributed by atoms with Crippen molar-refractivity contribution in [2.75, 3.05) is 13.1 Å². The average molecular weight is 310 g/mol. The molecule has 1 N–H and O–H groups in total. The van der Waals surface area contributed by atoms with Crippen molar-refractivity contribution in [3.63, 3.8) is 0 Å². The topological polar surface area (TPSA) is 34.1 Å². The Kier molecular flexibility index (Phi) is 3.79. The maximum Gasteiger partial charge on any atom is 0.124 e. The number of hydrogen-bond donors (Lipinski definition) is 1. The zero-order valence-electron chi connectivity index (χ0n) is 12.3. The smallest absolute Gasteiger partial charge is 0.124 e. The number of nitrogens with one attached hydrogen (secondary N) is 1. The predicted molar refractivity (Wildman–Crippen MR) is 91.6 cm³/mol. The van der Waals surface area contributed by atoms with Crippen molar-refractivity contribution in [2.24, 2.45) is 0 Å². The van der Waals surface area contributed by atoms with Crippen LogP contribution in [0.4, 0.5) is 0 Å². The molecule has 0 saturated carbocycles. The zero-order valence-corrected chi connectivity index (χ0v) is 13.1. The molecule has 1 aliphatic rings. The molecule has 0 radical (unpaired) electrons. The van der Waals surface area contributed by atoms with E-state index in [1.54, 1.807) is 11.3 Å². The van der Waals surface area contributed by atoms with Crippen LogP contribution in [0.1, 0.15) is 12.8 Å². The van der Waals surface area contributed by atoms with Gasteiger partial charge in [-0.2, -0.15) is 0 Å². The molecule has 2 heterocycles. The van der Waals surface area contributed by atoms with Crippen LogP contribution in [0.15, 0.2) is 48.5 Å². The lowest BCUT2D eigenvalue weighted by atomic mass is 10.1. The molecule has 3 aromatic rings. The van der Waals surface area contributed by atoms with Gasteiger partial charge in [0.2, 0.25) is 0 Å². The van der Waals surface area contributed by atoms with Crippen LogP contribution in [0.25, 0.3) is 20.8 Å². The molecule has 112 valence electrons. The average Bonchev–Trinajstić information content (AvgIpc) is 3.00. The van der Waals surface area contributed by atoms with Crippen LogP contribution in [0.5, 0.6) is 5.75 Å². The molecule has 1 fully saturated rings. The van der Waals surface area contributed by atoms with Gasteiger partial charge in [-0.3, -0.25) is 0 Å². The summed E-state index contributed by atoms with van der Waals surface area (Å²) in [7, 11) is 0. The predicted octanol–water partition coefficient (Wildman–Crippen LogP) is 4.09. The lowest BCUT2D eigenvalue weighted by Gasteiger charge is -2.23. The van der Waals surface area contributed by atoms with Gasteiger partial charge in [-0.15, -0.1) is 11.3 Å². The molecule has 3 nitrogen and oxygen atoms in total. The highest BCUT2D eigenvalue weighted by Gasteiger charge is 2.15. The Morgan fingerprint density at radius 3 is 2.68 bits per heavy atom. The second-order valence-corrected chi connectivity index (χ2v) is 6.61. The Morgan fingerprint density at radius 1 is 1.05 bits per heavy atom. The Morgan fingerprint density at radius 2 is 1.86 bits per heavy atom. The number of hydrogen-bond acceptors (Lipinski definition) is 4. The van der Waals surface area contributed by atoms with Crippen molar-refractivity contribution in [1.82, 2.24) is 10.3 Å². The third kappa shape index (κ3) is 2.85. The molecule has 4 heteroatoms. The van der Waals surface area contributed by atoms with Crippen molar-refractivity contribution in [3.05, 3.63) is 48.5 Å². The van der Waals surface area contributed by atoms with Gasteiger partial charge >= 0.3 is 0 Å². The number of rotatable bonds is 3. The van der Waals surface area contributed by atoms with Crippen LogP contribution in [-0.2, 0) is 0 Å². The number of fused-ring (bicyclic) bond motifs is 1. The normalized spacial score (nSPS) is 16.0. The van der Waals surface area contributed by atoms with E-state index in [1.165, 1.54) is 10.3 Å².